The summed E-state index contributed by atoms with van der Waals surface area (Å²) in [5.41, 5.74) is 14.9. The normalized spacial score (nSPS) is 13.9. The van der Waals surface area contributed by atoms with Crippen molar-refractivity contribution in [2.24, 2.45) is 0 Å². The third-order valence-electron chi connectivity index (χ3n) is 11.9. The van der Waals surface area contributed by atoms with Gasteiger partial charge in [-0.05, 0) is 210 Å². The first kappa shape index (κ1) is 58.5. The lowest BCUT2D eigenvalue weighted by molar-refractivity contribution is 0.0548. The number of ether oxygens (including phenoxy) is 4. The Morgan fingerprint density at radius 1 is 0.369 bits per heavy atom. The molecule has 0 unspecified atom stereocenters. The summed E-state index contributed by atoms with van der Waals surface area (Å²) in [7, 11) is 4.57. The van der Waals surface area contributed by atoms with Crippen LogP contribution in [0.1, 0.15) is 202 Å². The number of methoxy groups -OCH3 is 3. The van der Waals surface area contributed by atoms with Crippen LogP contribution in [0.3, 0.4) is 0 Å². The summed E-state index contributed by atoms with van der Waals surface area (Å²) >= 11 is 0. The van der Waals surface area contributed by atoms with Crippen molar-refractivity contribution in [2.45, 2.75) is 192 Å². The van der Waals surface area contributed by atoms with Crippen LogP contribution in [0.25, 0.3) is 0 Å². The van der Waals surface area contributed by atoms with E-state index >= 15 is 0 Å². The maximum Gasteiger partial charge on any atom is 0.338 e. The number of allylic oxidation sites excluding steroid dienone is 19. The topological polar surface area (TPSA) is 54.0 Å². The molecule has 0 atom stereocenters. The standard InChI is InChI=1S/C60H92O5/c1-46(2)24-15-25-47(3)26-16-27-48(4)28-17-29-49(5)30-18-31-50(6)32-19-33-51(7)34-20-35-52(8)36-21-37-53(9)38-22-39-54(10)40-23-41-55(11)42-43-65-60(61)56-44-57(62-12)59(64-14)58(45-56)63-13/h24,26,28,30,32,34,36,38,40,42,44-45H,15-23,25,27,29,31,33,35,37,39,41,43H2,1-14H3. The second-order valence-electron chi connectivity index (χ2n) is 18.6. The molecule has 5 heteroatoms. The zero-order chi connectivity index (χ0) is 48.4. The average Bonchev–Trinajstić information content (AvgIpc) is 3.25. The molecule has 0 aliphatic carbocycles. The third-order valence-corrected chi connectivity index (χ3v) is 11.9. The lowest BCUT2D eigenvalue weighted by atomic mass is 10.0. The Kier molecular flexibility index (Phi) is 32.1. The maximum absolute atomic E-state index is 12.7. The van der Waals surface area contributed by atoms with Gasteiger partial charge in [0.15, 0.2) is 11.5 Å². The second-order valence-corrected chi connectivity index (χ2v) is 18.6. The van der Waals surface area contributed by atoms with Crippen LogP contribution in [0.15, 0.2) is 129 Å². The highest BCUT2D eigenvalue weighted by Crippen LogP contribution is 2.38. The van der Waals surface area contributed by atoms with E-state index < -0.39 is 5.97 Å². The molecule has 0 aliphatic heterocycles. The number of carbonyl (C=O) groups excluding carboxylic acids is 1. The molecule has 1 rings (SSSR count). The molecule has 1 aromatic rings. The summed E-state index contributed by atoms with van der Waals surface area (Å²) in [6, 6.07) is 3.20. The van der Waals surface area contributed by atoms with Crippen LogP contribution >= 0.6 is 0 Å². The number of rotatable bonds is 33. The minimum Gasteiger partial charge on any atom is -0.493 e. The Labute approximate surface area is 399 Å². The van der Waals surface area contributed by atoms with Crippen LogP contribution in [0.5, 0.6) is 17.2 Å². The van der Waals surface area contributed by atoms with E-state index in [1.54, 1.807) is 12.1 Å². The molecule has 1 aromatic carbocycles. The summed E-state index contributed by atoms with van der Waals surface area (Å²) < 4.78 is 21.5. The molecule has 65 heavy (non-hydrogen) atoms. The number of benzene rings is 1. The van der Waals surface area contributed by atoms with E-state index in [1.807, 2.05) is 6.08 Å². The van der Waals surface area contributed by atoms with Gasteiger partial charge in [-0.25, -0.2) is 4.79 Å². The Morgan fingerprint density at radius 2 is 0.615 bits per heavy atom. The van der Waals surface area contributed by atoms with Gasteiger partial charge in [0.05, 0.1) is 26.9 Å². The van der Waals surface area contributed by atoms with E-state index in [-0.39, 0.29) is 6.61 Å². The molecule has 0 heterocycles. The molecule has 0 amide bonds. The highest BCUT2D eigenvalue weighted by Gasteiger charge is 2.17. The average molecular weight is 893 g/mol. The predicted molar refractivity (Wildman–Crippen MR) is 283 cm³/mol. The quantitative estimate of drug-likeness (QED) is 0.0520. The zero-order valence-corrected chi connectivity index (χ0v) is 43.9. The van der Waals surface area contributed by atoms with E-state index in [0.29, 0.717) is 22.8 Å². The molecular weight excluding hydrogens is 801 g/mol. The van der Waals surface area contributed by atoms with Crippen molar-refractivity contribution in [1.82, 2.24) is 0 Å². The number of carbonyl (C=O) groups is 1. The van der Waals surface area contributed by atoms with Gasteiger partial charge in [-0.3, -0.25) is 0 Å². The van der Waals surface area contributed by atoms with Gasteiger partial charge in [-0.15, -0.1) is 0 Å². The molecule has 0 bridgehead atoms. The van der Waals surface area contributed by atoms with Crippen molar-refractivity contribution in [2.75, 3.05) is 27.9 Å². The highest BCUT2D eigenvalue weighted by atomic mass is 16.5. The van der Waals surface area contributed by atoms with Crippen molar-refractivity contribution in [3.63, 3.8) is 0 Å². The molecule has 5 nitrogen and oxygen atoms in total. The van der Waals surface area contributed by atoms with E-state index in [1.165, 1.54) is 96.3 Å². The molecule has 0 radical (unpaired) electrons. The minimum absolute atomic E-state index is 0.215. The lowest BCUT2D eigenvalue weighted by Gasteiger charge is -2.13. The summed E-state index contributed by atoms with van der Waals surface area (Å²) in [5.74, 6) is 0.837. The van der Waals surface area contributed by atoms with Gasteiger partial charge in [0, 0.05) is 0 Å². The summed E-state index contributed by atoms with van der Waals surface area (Å²) in [4.78, 5) is 12.7. The number of hydrogen-bond donors (Lipinski definition) is 0. The van der Waals surface area contributed by atoms with Crippen molar-refractivity contribution < 1.29 is 23.7 Å². The first-order valence-electron chi connectivity index (χ1n) is 24.6. The fraction of sp³-hybridized carbons (Fsp3) is 0.550. The van der Waals surface area contributed by atoms with Crippen LogP contribution < -0.4 is 14.2 Å². The van der Waals surface area contributed by atoms with E-state index in [9.17, 15) is 4.79 Å². The van der Waals surface area contributed by atoms with E-state index in [4.69, 9.17) is 18.9 Å². The molecule has 0 aliphatic rings. The summed E-state index contributed by atoms with van der Waals surface area (Å²) in [6.45, 7) is 24.9. The first-order chi connectivity index (χ1) is 31.1. The van der Waals surface area contributed by atoms with Gasteiger partial charge in [-0.1, -0.05) is 110 Å². The van der Waals surface area contributed by atoms with Crippen molar-refractivity contribution in [3.8, 4) is 17.2 Å². The smallest absolute Gasteiger partial charge is 0.338 e. The lowest BCUT2D eigenvalue weighted by Crippen LogP contribution is -2.07. The van der Waals surface area contributed by atoms with Crippen molar-refractivity contribution >= 4 is 5.97 Å². The van der Waals surface area contributed by atoms with Gasteiger partial charge in [-0.2, -0.15) is 0 Å². The molecule has 362 valence electrons. The van der Waals surface area contributed by atoms with Crippen LogP contribution in [0, 0.1) is 0 Å². The van der Waals surface area contributed by atoms with Crippen LogP contribution in [0.2, 0.25) is 0 Å². The van der Waals surface area contributed by atoms with Gasteiger partial charge in [0.1, 0.15) is 6.61 Å². The SMILES string of the molecule is COc1cc(C(=O)OCC=C(C)CCC=C(C)CCC=C(C)CCC=C(C)CCC=C(C)CCC=C(C)CCC=C(C)CCC=C(C)CCC=C(C)CCC=C(C)C)cc(OC)c1OC. The Hall–Kier alpha value is -4.51. The Morgan fingerprint density at radius 3 is 0.846 bits per heavy atom. The number of hydrogen-bond acceptors (Lipinski definition) is 5. The molecule has 0 N–H and O–H groups in total. The second kappa shape index (κ2) is 35.7. The largest absolute Gasteiger partial charge is 0.493 e. The van der Waals surface area contributed by atoms with Crippen molar-refractivity contribution in [3.05, 3.63) is 134 Å². The highest BCUT2D eigenvalue weighted by molar-refractivity contribution is 5.91. The Balaban J connectivity index is 2.28. The summed E-state index contributed by atoms with van der Waals surface area (Å²) in [5, 5.41) is 0. The molecule has 0 saturated carbocycles. The molecular formula is C60H92O5. The minimum atomic E-state index is -0.438. The van der Waals surface area contributed by atoms with Crippen molar-refractivity contribution in [1.29, 1.82) is 0 Å². The summed E-state index contributed by atoms with van der Waals surface area (Å²) in [6.07, 6.45) is 43.9. The van der Waals surface area contributed by atoms with Gasteiger partial charge < -0.3 is 18.9 Å². The van der Waals surface area contributed by atoms with Gasteiger partial charge in [0.2, 0.25) is 5.75 Å². The molecule has 0 aromatic heterocycles. The molecule has 0 saturated heterocycles. The maximum atomic E-state index is 12.7. The zero-order valence-electron chi connectivity index (χ0n) is 43.9. The monoisotopic (exact) mass is 893 g/mol. The fourth-order valence-electron chi connectivity index (χ4n) is 7.42. The first-order valence-corrected chi connectivity index (χ1v) is 24.6. The Bertz CT molecular complexity index is 1850. The fourth-order valence-corrected chi connectivity index (χ4v) is 7.42. The molecule has 0 fully saturated rings. The van der Waals surface area contributed by atoms with Gasteiger partial charge >= 0.3 is 5.97 Å². The van der Waals surface area contributed by atoms with Crippen LogP contribution in [0.4, 0.5) is 0 Å². The number of esters is 1. The van der Waals surface area contributed by atoms with E-state index in [2.05, 4.69) is 131 Å². The van der Waals surface area contributed by atoms with E-state index in [0.717, 1.165) is 96.3 Å². The van der Waals surface area contributed by atoms with Crippen LogP contribution in [-0.4, -0.2) is 33.9 Å². The molecule has 0 spiro atoms. The van der Waals surface area contributed by atoms with Crippen LogP contribution in [-0.2, 0) is 4.74 Å². The third kappa shape index (κ3) is 29.6. The predicted octanol–water partition coefficient (Wildman–Crippen LogP) is 18.4. The van der Waals surface area contributed by atoms with Gasteiger partial charge in [0.25, 0.3) is 0 Å².